The number of rotatable bonds is 7. The van der Waals surface area contributed by atoms with Crippen molar-refractivity contribution in [3.8, 4) is 0 Å². The molecule has 0 saturated heterocycles. The minimum atomic E-state index is -3.49. The molecule has 2 rings (SSSR count). The van der Waals surface area contributed by atoms with E-state index >= 15 is 0 Å². The highest BCUT2D eigenvalue weighted by molar-refractivity contribution is 7.89. The number of aryl methyl sites for hydroxylation is 2. The maximum absolute atomic E-state index is 11.9. The van der Waals surface area contributed by atoms with Crippen molar-refractivity contribution in [2.45, 2.75) is 13.3 Å². The summed E-state index contributed by atoms with van der Waals surface area (Å²) < 4.78 is 26.2. The fourth-order valence-corrected chi connectivity index (χ4v) is 3.07. The quantitative estimate of drug-likeness (QED) is 0.815. The van der Waals surface area contributed by atoms with Gasteiger partial charge in [0.2, 0.25) is 15.9 Å². The van der Waals surface area contributed by atoms with Crippen LogP contribution in [0.15, 0.2) is 54.6 Å². The van der Waals surface area contributed by atoms with Crippen LogP contribution in [0.1, 0.15) is 11.1 Å². The molecule has 0 heterocycles. The molecule has 1 amide bonds. The second-order valence-corrected chi connectivity index (χ2v) is 7.22. The number of anilines is 1. The lowest BCUT2D eigenvalue weighted by Crippen LogP contribution is -2.34. The van der Waals surface area contributed by atoms with E-state index in [0.29, 0.717) is 12.1 Å². The van der Waals surface area contributed by atoms with Crippen molar-refractivity contribution in [1.29, 1.82) is 0 Å². The minimum absolute atomic E-state index is 0.0469. The molecule has 0 aliphatic carbocycles. The van der Waals surface area contributed by atoms with E-state index in [4.69, 9.17) is 0 Å². The Morgan fingerprint density at radius 3 is 2.48 bits per heavy atom. The summed E-state index contributed by atoms with van der Waals surface area (Å²) in [5.74, 6) is -0.437. The van der Waals surface area contributed by atoms with Gasteiger partial charge < -0.3 is 5.32 Å². The van der Waals surface area contributed by atoms with E-state index in [-0.39, 0.29) is 18.2 Å². The molecule has 0 aromatic heterocycles. The summed E-state index contributed by atoms with van der Waals surface area (Å²) in [4.78, 5) is 11.8. The maximum atomic E-state index is 11.9. The van der Waals surface area contributed by atoms with Gasteiger partial charge in [0, 0.05) is 5.69 Å². The lowest BCUT2D eigenvalue weighted by atomic mass is 10.2. The Morgan fingerprint density at radius 1 is 1.04 bits per heavy atom. The number of sulfonamides is 1. The van der Waals surface area contributed by atoms with E-state index in [9.17, 15) is 13.2 Å². The summed E-state index contributed by atoms with van der Waals surface area (Å²) in [5.41, 5.74) is 2.62. The Balaban J connectivity index is 1.80. The van der Waals surface area contributed by atoms with Crippen LogP contribution in [-0.2, 0) is 21.2 Å². The molecule has 23 heavy (non-hydrogen) atoms. The highest BCUT2D eigenvalue weighted by atomic mass is 32.2. The number of benzene rings is 2. The smallest absolute Gasteiger partial charge is 0.239 e. The van der Waals surface area contributed by atoms with E-state index in [2.05, 4.69) is 10.0 Å². The van der Waals surface area contributed by atoms with Crippen LogP contribution in [0.3, 0.4) is 0 Å². The Morgan fingerprint density at radius 2 is 1.78 bits per heavy atom. The third kappa shape index (κ3) is 6.22. The van der Waals surface area contributed by atoms with E-state index in [0.717, 1.165) is 11.1 Å². The first-order chi connectivity index (χ1) is 10.9. The van der Waals surface area contributed by atoms with Crippen LogP contribution in [0.25, 0.3) is 0 Å². The predicted octanol–water partition coefficient (Wildman–Crippen LogP) is 2.10. The molecule has 2 aromatic rings. The molecule has 0 aliphatic rings. The number of hydrogen-bond acceptors (Lipinski definition) is 3. The topological polar surface area (TPSA) is 75.3 Å². The lowest BCUT2D eigenvalue weighted by Gasteiger charge is -2.08. The van der Waals surface area contributed by atoms with Gasteiger partial charge in [0.15, 0.2) is 0 Å². The van der Waals surface area contributed by atoms with Gasteiger partial charge in [0.25, 0.3) is 0 Å². The summed E-state index contributed by atoms with van der Waals surface area (Å²) in [6.45, 7) is 1.65. The third-order valence-electron chi connectivity index (χ3n) is 3.26. The zero-order valence-corrected chi connectivity index (χ0v) is 13.8. The van der Waals surface area contributed by atoms with Crippen molar-refractivity contribution in [3.63, 3.8) is 0 Å². The Kier molecular flexibility index (Phi) is 5.90. The second-order valence-electron chi connectivity index (χ2n) is 5.29. The lowest BCUT2D eigenvalue weighted by molar-refractivity contribution is -0.115. The SMILES string of the molecule is Cc1cccc(NC(=O)CNS(=O)(=O)CCc2ccccc2)c1. The predicted molar refractivity (Wildman–Crippen MR) is 91.7 cm³/mol. The van der Waals surface area contributed by atoms with Crippen LogP contribution in [0.4, 0.5) is 5.69 Å². The number of carbonyl (C=O) groups is 1. The molecule has 6 heteroatoms. The largest absolute Gasteiger partial charge is 0.325 e. The molecule has 0 atom stereocenters. The third-order valence-corrected chi connectivity index (χ3v) is 4.58. The van der Waals surface area contributed by atoms with Gasteiger partial charge in [-0.15, -0.1) is 0 Å². The monoisotopic (exact) mass is 332 g/mol. The molecular formula is C17H20N2O3S. The molecular weight excluding hydrogens is 312 g/mol. The summed E-state index contributed by atoms with van der Waals surface area (Å²) in [7, 11) is -3.49. The van der Waals surface area contributed by atoms with E-state index in [1.54, 1.807) is 6.07 Å². The molecule has 5 nitrogen and oxygen atoms in total. The molecule has 0 fully saturated rings. The molecule has 0 unspecified atom stereocenters. The van der Waals surface area contributed by atoms with Crippen molar-refractivity contribution >= 4 is 21.6 Å². The van der Waals surface area contributed by atoms with Crippen LogP contribution in [0, 0.1) is 6.92 Å². The Labute approximate surface area is 136 Å². The van der Waals surface area contributed by atoms with Crippen molar-refractivity contribution in [2.75, 3.05) is 17.6 Å². The van der Waals surface area contributed by atoms with Gasteiger partial charge in [0.1, 0.15) is 0 Å². The molecule has 0 radical (unpaired) electrons. The van der Waals surface area contributed by atoms with E-state index in [1.165, 1.54) is 0 Å². The summed E-state index contributed by atoms with van der Waals surface area (Å²) in [5, 5.41) is 2.66. The van der Waals surface area contributed by atoms with Crippen LogP contribution in [0.2, 0.25) is 0 Å². The van der Waals surface area contributed by atoms with Crippen LogP contribution in [0.5, 0.6) is 0 Å². The molecule has 0 aliphatic heterocycles. The van der Waals surface area contributed by atoms with Gasteiger partial charge in [-0.1, -0.05) is 42.5 Å². The number of nitrogens with one attached hydrogen (secondary N) is 2. The Hall–Kier alpha value is -2.18. The summed E-state index contributed by atoms with van der Waals surface area (Å²) in [6, 6.07) is 16.7. The summed E-state index contributed by atoms with van der Waals surface area (Å²) in [6.07, 6.45) is 0.412. The van der Waals surface area contributed by atoms with E-state index in [1.807, 2.05) is 55.5 Å². The minimum Gasteiger partial charge on any atom is -0.325 e. The van der Waals surface area contributed by atoms with Gasteiger partial charge in [-0.3, -0.25) is 4.79 Å². The van der Waals surface area contributed by atoms with Crippen molar-refractivity contribution in [3.05, 3.63) is 65.7 Å². The molecule has 0 bridgehead atoms. The zero-order valence-electron chi connectivity index (χ0n) is 13.0. The molecule has 2 aromatic carbocycles. The fraction of sp³-hybridized carbons (Fsp3) is 0.235. The Bertz CT molecular complexity index is 758. The summed E-state index contributed by atoms with van der Waals surface area (Å²) >= 11 is 0. The first kappa shape index (κ1) is 17.2. The van der Waals surface area contributed by atoms with Crippen molar-refractivity contribution < 1.29 is 13.2 Å². The standard InChI is InChI=1S/C17H20N2O3S/c1-14-6-5-9-16(12-14)19-17(20)13-18-23(21,22)11-10-15-7-3-2-4-8-15/h2-9,12,18H,10-11,13H2,1H3,(H,19,20). The number of hydrogen-bond donors (Lipinski definition) is 2. The van der Waals surface area contributed by atoms with Gasteiger partial charge >= 0.3 is 0 Å². The first-order valence-corrected chi connectivity index (χ1v) is 8.98. The highest BCUT2D eigenvalue weighted by Crippen LogP contribution is 2.09. The van der Waals surface area contributed by atoms with Gasteiger partial charge in [-0.25, -0.2) is 13.1 Å². The van der Waals surface area contributed by atoms with Gasteiger partial charge in [-0.05, 0) is 36.6 Å². The normalized spacial score (nSPS) is 11.2. The fourth-order valence-electron chi connectivity index (χ4n) is 2.07. The molecule has 0 saturated carbocycles. The van der Waals surface area contributed by atoms with Gasteiger partial charge in [0.05, 0.1) is 12.3 Å². The van der Waals surface area contributed by atoms with Crippen molar-refractivity contribution in [2.24, 2.45) is 0 Å². The van der Waals surface area contributed by atoms with E-state index < -0.39 is 10.0 Å². The average molecular weight is 332 g/mol. The molecule has 122 valence electrons. The van der Waals surface area contributed by atoms with Crippen LogP contribution >= 0.6 is 0 Å². The number of carbonyl (C=O) groups excluding carboxylic acids is 1. The van der Waals surface area contributed by atoms with Gasteiger partial charge in [-0.2, -0.15) is 0 Å². The van der Waals surface area contributed by atoms with Crippen LogP contribution < -0.4 is 10.0 Å². The zero-order chi connectivity index (χ0) is 16.7. The molecule has 2 N–H and O–H groups in total. The van der Waals surface area contributed by atoms with Crippen molar-refractivity contribution in [1.82, 2.24) is 4.72 Å². The maximum Gasteiger partial charge on any atom is 0.239 e. The van der Waals surface area contributed by atoms with Crippen LogP contribution in [-0.4, -0.2) is 26.6 Å². The number of amides is 1. The highest BCUT2D eigenvalue weighted by Gasteiger charge is 2.12. The average Bonchev–Trinajstić information content (AvgIpc) is 2.52. The second kappa shape index (κ2) is 7.89. The molecule has 0 spiro atoms. The first-order valence-electron chi connectivity index (χ1n) is 7.32.